The molecule has 1 heterocycles. The first-order chi connectivity index (χ1) is 11.8. The minimum Gasteiger partial charge on any atom is -0.358 e. The lowest BCUT2D eigenvalue weighted by Gasteiger charge is -2.37. The Kier molecular flexibility index (Phi) is 5.65. The van der Waals surface area contributed by atoms with Gasteiger partial charge in [-0.1, -0.05) is 67.1 Å². The van der Waals surface area contributed by atoms with E-state index in [0.29, 0.717) is 0 Å². The number of hydrogen-bond donors (Lipinski definition) is 1. The van der Waals surface area contributed by atoms with Crippen LogP contribution in [0.3, 0.4) is 0 Å². The first kappa shape index (κ1) is 16.7. The molecular formula is C21H26N2O. The van der Waals surface area contributed by atoms with Gasteiger partial charge in [-0.05, 0) is 30.5 Å². The van der Waals surface area contributed by atoms with Crippen molar-refractivity contribution in [2.75, 3.05) is 20.1 Å². The first-order valence-corrected chi connectivity index (χ1v) is 8.85. The molecule has 3 heteroatoms. The number of carbonyl (C=O) groups excluding carboxylic acids is 1. The number of likely N-dealkylation sites (tertiary alicyclic amines) is 1. The number of rotatable bonds is 5. The third kappa shape index (κ3) is 3.85. The van der Waals surface area contributed by atoms with Gasteiger partial charge in [0.2, 0.25) is 5.91 Å². The van der Waals surface area contributed by atoms with Gasteiger partial charge >= 0.3 is 0 Å². The second-order valence-corrected chi connectivity index (χ2v) is 6.49. The van der Waals surface area contributed by atoms with E-state index in [1.165, 1.54) is 17.5 Å². The standard InChI is InChI=1S/C21H26N2O/c1-22-21(24)20-14-8-9-15-23(20)16-19(17-10-4-2-5-11-17)18-12-6-3-7-13-18/h2-7,10-13,19-20H,8-9,14-16H2,1H3,(H,22,24)/t20-/m1/s1. The summed E-state index contributed by atoms with van der Waals surface area (Å²) in [6.45, 7) is 1.88. The third-order valence-electron chi connectivity index (χ3n) is 4.98. The molecule has 0 spiro atoms. The summed E-state index contributed by atoms with van der Waals surface area (Å²) < 4.78 is 0. The molecule has 24 heavy (non-hydrogen) atoms. The minimum atomic E-state index is -0.00123. The largest absolute Gasteiger partial charge is 0.358 e. The molecule has 1 fully saturated rings. The zero-order valence-corrected chi connectivity index (χ0v) is 14.3. The molecule has 2 aromatic rings. The highest BCUT2D eigenvalue weighted by molar-refractivity contribution is 5.81. The molecule has 126 valence electrons. The number of hydrogen-bond acceptors (Lipinski definition) is 2. The number of piperidine rings is 1. The van der Waals surface area contributed by atoms with Crippen molar-refractivity contribution in [2.45, 2.75) is 31.2 Å². The quantitative estimate of drug-likeness (QED) is 0.915. The fraction of sp³-hybridized carbons (Fsp3) is 0.381. The van der Waals surface area contributed by atoms with Gasteiger partial charge in [0.1, 0.15) is 0 Å². The Bertz CT molecular complexity index is 602. The summed E-state index contributed by atoms with van der Waals surface area (Å²) in [7, 11) is 1.74. The van der Waals surface area contributed by atoms with Crippen molar-refractivity contribution in [3.8, 4) is 0 Å². The van der Waals surface area contributed by atoms with Crippen LogP contribution in [-0.2, 0) is 4.79 Å². The second kappa shape index (κ2) is 8.11. The fourth-order valence-corrected chi connectivity index (χ4v) is 3.68. The molecule has 1 amide bonds. The van der Waals surface area contributed by atoms with Crippen LogP contribution in [0.4, 0.5) is 0 Å². The molecule has 0 unspecified atom stereocenters. The van der Waals surface area contributed by atoms with Gasteiger partial charge in [-0.2, -0.15) is 0 Å². The van der Waals surface area contributed by atoms with Gasteiger partial charge in [0.05, 0.1) is 6.04 Å². The highest BCUT2D eigenvalue weighted by atomic mass is 16.2. The van der Waals surface area contributed by atoms with E-state index >= 15 is 0 Å². The van der Waals surface area contributed by atoms with Crippen molar-refractivity contribution >= 4 is 5.91 Å². The van der Waals surface area contributed by atoms with E-state index in [4.69, 9.17) is 0 Å². The van der Waals surface area contributed by atoms with Gasteiger partial charge in [0.25, 0.3) is 0 Å². The monoisotopic (exact) mass is 322 g/mol. The molecule has 3 rings (SSSR count). The van der Waals surface area contributed by atoms with Crippen molar-refractivity contribution in [1.29, 1.82) is 0 Å². The summed E-state index contributed by atoms with van der Waals surface area (Å²) >= 11 is 0. The molecule has 2 aromatic carbocycles. The van der Waals surface area contributed by atoms with Gasteiger partial charge in [-0.15, -0.1) is 0 Å². The van der Waals surface area contributed by atoms with Crippen LogP contribution in [0.15, 0.2) is 60.7 Å². The van der Waals surface area contributed by atoms with E-state index in [-0.39, 0.29) is 17.9 Å². The van der Waals surface area contributed by atoms with Crippen molar-refractivity contribution in [1.82, 2.24) is 10.2 Å². The molecule has 1 saturated heterocycles. The Labute approximate surface area is 144 Å². The van der Waals surface area contributed by atoms with Crippen LogP contribution >= 0.6 is 0 Å². The lowest BCUT2D eigenvalue weighted by Crippen LogP contribution is -2.50. The molecule has 1 aliphatic heterocycles. The zero-order chi connectivity index (χ0) is 16.8. The molecule has 0 aromatic heterocycles. The van der Waals surface area contributed by atoms with Gasteiger partial charge in [0.15, 0.2) is 0 Å². The molecule has 0 aliphatic carbocycles. The van der Waals surface area contributed by atoms with Crippen molar-refractivity contribution in [3.63, 3.8) is 0 Å². The Balaban J connectivity index is 1.87. The van der Waals surface area contributed by atoms with E-state index in [0.717, 1.165) is 25.9 Å². The topological polar surface area (TPSA) is 32.3 Å². The highest BCUT2D eigenvalue weighted by Gasteiger charge is 2.30. The Morgan fingerprint density at radius 3 is 2.17 bits per heavy atom. The van der Waals surface area contributed by atoms with Crippen LogP contribution in [0.5, 0.6) is 0 Å². The Hall–Kier alpha value is -2.13. The normalized spacial score (nSPS) is 18.5. The molecule has 0 bridgehead atoms. The third-order valence-corrected chi connectivity index (χ3v) is 4.98. The summed E-state index contributed by atoms with van der Waals surface area (Å²) in [4.78, 5) is 14.6. The lowest BCUT2D eigenvalue weighted by molar-refractivity contribution is -0.127. The van der Waals surface area contributed by atoms with E-state index in [1.54, 1.807) is 7.05 Å². The molecule has 1 aliphatic rings. The summed E-state index contributed by atoms with van der Waals surface area (Å²) in [5, 5.41) is 2.84. The summed E-state index contributed by atoms with van der Waals surface area (Å²) in [6, 6.07) is 21.3. The molecule has 0 radical (unpaired) electrons. The number of benzene rings is 2. The summed E-state index contributed by atoms with van der Waals surface area (Å²) in [5.41, 5.74) is 2.62. The van der Waals surface area contributed by atoms with Crippen LogP contribution in [0.25, 0.3) is 0 Å². The number of nitrogens with one attached hydrogen (secondary N) is 1. The molecule has 0 saturated carbocycles. The fourth-order valence-electron chi connectivity index (χ4n) is 3.68. The van der Waals surface area contributed by atoms with Crippen LogP contribution in [0.2, 0.25) is 0 Å². The Morgan fingerprint density at radius 2 is 1.62 bits per heavy atom. The lowest BCUT2D eigenvalue weighted by atomic mass is 9.89. The van der Waals surface area contributed by atoms with Crippen molar-refractivity contribution < 1.29 is 4.79 Å². The summed E-state index contributed by atoms with van der Waals surface area (Å²) in [5.74, 6) is 0.437. The maximum atomic E-state index is 12.3. The van der Waals surface area contributed by atoms with Gasteiger partial charge in [0, 0.05) is 19.5 Å². The smallest absolute Gasteiger partial charge is 0.237 e. The van der Waals surface area contributed by atoms with Gasteiger partial charge in [-0.25, -0.2) is 0 Å². The van der Waals surface area contributed by atoms with Crippen molar-refractivity contribution in [2.24, 2.45) is 0 Å². The predicted molar refractivity (Wildman–Crippen MR) is 98.0 cm³/mol. The highest BCUT2D eigenvalue weighted by Crippen LogP contribution is 2.28. The first-order valence-electron chi connectivity index (χ1n) is 8.85. The van der Waals surface area contributed by atoms with Gasteiger partial charge in [-0.3, -0.25) is 9.69 Å². The molecule has 1 atom stereocenters. The molecule has 3 nitrogen and oxygen atoms in total. The molecule has 1 N–H and O–H groups in total. The number of carbonyl (C=O) groups is 1. The minimum absolute atomic E-state index is 0.00123. The van der Waals surface area contributed by atoms with E-state index < -0.39 is 0 Å². The molecular weight excluding hydrogens is 296 g/mol. The van der Waals surface area contributed by atoms with E-state index in [9.17, 15) is 4.79 Å². The van der Waals surface area contributed by atoms with Crippen LogP contribution < -0.4 is 5.32 Å². The van der Waals surface area contributed by atoms with Gasteiger partial charge < -0.3 is 5.32 Å². The zero-order valence-electron chi connectivity index (χ0n) is 14.3. The number of amides is 1. The average Bonchev–Trinajstić information content (AvgIpc) is 2.67. The number of likely N-dealkylation sites (N-methyl/N-ethyl adjacent to an activating group) is 1. The SMILES string of the molecule is CNC(=O)[C@H]1CCCCN1CC(c1ccccc1)c1ccccc1. The summed E-state index contributed by atoms with van der Waals surface area (Å²) in [6.07, 6.45) is 3.26. The van der Waals surface area contributed by atoms with Crippen LogP contribution in [-0.4, -0.2) is 37.0 Å². The number of nitrogens with zero attached hydrogens (tertiary/aromatic N) is 1. The van der Waals surface area contributed by atoms with E-state index in [2.05, 4.69) is 70.9 Å². The van der Waals surface area contributed by atoms with Crippen molar-refractivity contribution in [3.05, 3.63) is 71.8 Å². The van der Waals surface area contributed by atoms with E-state index in [1.807, 2.05) is 0 Å². The average molecular weight is 322 g/mol. The van der Waals surface area contributed by atoms with Crippen LogP contribution in [0.1, 0.15) is 36.3 Å². The van der Waals surface area contributed by atoms with Crippen LogP contribution in [0, 0.1) is 0 Å². The maximum Gasteiger partial charge on any atom is 0.237 e. The predicted octanol–water partition coefficient (Wildman–Crippen LogP) is 3.42. The second-order valence-electron chi connectivity index (χ2n) is 6.49. The maximum absolute atomic E-state index is 12.3. The Morgan fingerprint density at radius 1 is 1.04 bits per heavy atom.